The summed E-state index contributed by atoms with van der Waals surface area (Å²) >= 11 is 0. The van der Waals surface area contributed by atoms with E-state index in [1.54, 1.807) is 0 Å². The summed E-state index contributed by atoms with van der Waals surface area (Å²) in [5, 5.41) is 0. The Hall–Kier alpha value is -0.980. The molecular weight excluding hydrogens is 184 g/mol. The molecule has 0 bridgehead atoms. The molecule has 1 rings (SSSR count). The fourth-order valence-corrected chi connectivity index (χ4v) is 1.66. The van der Waals surface area contributed by atoms with Crippen LogP contribution in [0.15, 0.2) is 12.1 Å². The molecule has 0 spiro atoms. The molecule has 1 radical (unpaired) electrons. The van der Waals surface area contributed by atoms with Gasteiger partial charge in [-0.2, -0.15) is 0 Å². The van der Waals surface area contributed by atoms with Crippen molar-refractivity contribution in [2.45, 2.75) is 46.5 Å². The maximum Gasteiger partial charge on any atom is 0.125 e. The Morgan fingerprint density at radius 1 is 1.07 bits per heavy atom. The van der Waals surface area contributed by atoms with Gasteiger partial charge in [-0.3, -0.25) is 0 Å². The summed E-state index contributed by atoms with van der Waals surface area (Å²) in [5.41, 5.74) is 2.37. The van der Waals surface area contributed by atoms with Crippen LogP contribution in [0, 0.1) is 19.9 Å². The quantitative estimate of drug-likeness (QED) is 0.636. The van der Waals surface area contributed by atoms with E-state index in [9.17, 15) is 0 Å². The zero-order valence-electron chi connectivity index (χ0n) is 10.1. The van der Waals surface area contributed by atoms with E-state index in [-0.39, 0.29) is 0 Å². The second-order valence-corrected chi connectivity index (χ2v) is 4.06. The summed E-state index contributed by atoms with van der Waals surface area (Å²) in [7, 11) is 0. The zero-order valence-corrected chi connectivity index (χ0v) is 10.1. The molecule has 83 valence electrons. The van der Waals surface area contributed by atoms with Crippen LogP contribution in [0.4, 0.5) is 0 Å². The van der Waals surface area contributed by atoms with Crippen molar-refractivity contribution in [3.05, 3.63) is 29.3 Å². The molecule has 0 aromatic heterocycles. The second-order valence-electron chi connectivity index (χ2n) is 4.06. The normalized spacial score (nSPS) is 10.3. The fourth-order valence-electron chi connectivity index (χ4n) is 1.66. The van der Waals surface area contributed by atoms with Crippen molar-refractivity contribution in [1.82, 2.24) is 0 Å². The molecule has 1 heteroatoms. The molecule has 0 atom stereocenters. The smallest absolute Gasteiger partial charge is 0.125 e. The van der Waals surface area contributed by atoms with Crippen molar-refractivity contribution in [2.75, 3.05) is 6.61 Å². The summed E-state index contributed by atoms with van der Waals surface area (Å²) < 4.78 is 5.79. The molecule has 0 saturated heterocycles. The van der Waals surface area contributed by atoms with E-state index < -0.39 is 0 Å². The molecule has 0 saturated carbocycles. The van der Waals surface area contributed by atoms with Crippen LogP contribution >= 0.6 is 0 Å². The number of hydrogen-bond acceptors (Lipinski definition) is 1. The highest BCUT2D eigenvalue weighted by Crippen LogP contribution is 2.22. The van der Waals surface area contributed by atoms with E-state index >= 15 is 0 Å². The van der Waals surface area contributed by atoms with Gasteiger partial charge in [-0.05, 0) is 49.6 Å². The standard InChI is InChI=1S/C14H21O/c1-4-5-6-7-11-15-14-12(2)9-8-10-13(14)3/h9-10H,4-7,11H2,1-3H3. The van der Waals surface area contributed by atoms with Gasteiger partial charge in [0.05, 0.1) is 6.61 Å². The SMILES string of the molecule is CCCCCCOc1c(C)c[c]cc1C. The number of unbranched alkanes of at least 4 members (excludes halogenated alkanes) is 3. The second kappa shape index (κ2) is 6.49. The number of rotatable bonds is 6. The van der Waals surface area contributed by atoms with E-state index in [0.29, 0.717) is 0 Å². The molecule has 0 unspecified atom stereocenters. The third-order valence-corrected chi connectivity index (χ3v) is 2.56. The van der Waals surface area contributed by atoms with Gasteiger partial charge in [0.25, 0.3) is 0 Å². The van der Waals surface area contributed by atoms with Crippen LogP contribution in [0.5, 0.6) is 5.75 Å². The average Bonchev–Trinajstić information content (AvgIpc) is 2.21. The average molecular weight is 205 g/mol. The fraction of sp³-hybridized carbons (Fsp3) is 0.571. The molecule has 1 nitrogen and oxygen atoms in total. The maximum atomic E-state index is 5.79. The minimum Gasteiger partial charge on any atom is -0.493 e. The molecule has 0 N–H and O–H groups in total. The first kappa shape index (κ1) is 12.1. The first-order valence-electron chi connectivity index (χ1n) is 5.85. The van der Waals surface area contributed by atoms with Crippen molar-refractivity contribution in [2.24, 2.45) is 0 Å². The number of hydrogen-bond donors (Lipinski definition) is 0. The van der Waals surface area contributed by atoms with Crippen LogP contribution in [0.2, 0.25) is 0 Å². The molecule has 0 aliphatic heterocycles. The summed E-state index contributed by atoms with van der Waals surface area (Å²) in [6.07, 6.45) is 5.02. The van der Waals surface area contributed by atoms with E-state index in [4.69, 9.17) is 4.74 Å². The highest BCUT2D eigenvalue weighted by molar-refractivity contribution is 5.39. The first-order valence-corrected chi connectivity index (χ1v) is 5.85. The van der Waals surface area contributed by atoms with E-state index in [1.807, 2.05) is 12.1 Å². The third-order valence-electron chi connectivity index (χ3n) is 2.56. The molecule has 0 heterocycles. The minimum atomic E-state index is 0.839. The van der Waals surface area contributed by atoms with Gasteiger partial charge in [0.1, 0.15) is 5.75 Å². The highest BCUT2D eigenvalue weighted by atomic mass is 16.5. The first-order chi connectivity index (χ1) is 7.25. The summed E-state index contributed by atoms with van der Waals surface area (Å²) in [6.45, 7) is 7.21. The van der Waals surface area contributed by atoms with Crippen LogP contribution in [-0.4, -0.2) is 6.61 Å². The lowest BCUT2D eigenvalue weighted by Gasteiger charge is -2.11. The van der Waals surface area contributed by atoms with Crippen LogP contribution in [-0.2, 0) is 0 Å². The van der Waals surface area contributed by atoms with Crippen molar-refractivity contribution in [1.29, 1.82) is 0 Å². The van der Waals surface area contributed by atoms with Crippen molar-refractivity contribution in [3.8, 4) is 5.75 Å². The lowest BCUT2D eigenvalue weighted by atomic mass is 10.1. The molecule has 0 aliphatic carbocycles. The number of ether oxygens (including phenoxy) is 1. The van der Waals surface area contributed by atoms with Crippen molar-refractivity contribution < 1.29 is 4.74 Å². The topological polar surface area (TPSA) is 9.23 Å². The van der Waals surface area contributed by atoms with Crippen LogP contribution < -0.4 is 4.74 Å². The van der Waals surface area contributed by atoms with Gasteiger partial charge in [0, 0.05) is 0 Å². The molecule has 1 aromatic rings. The van der Waals surface area contributed by atoms with Gasteiger partial charge in [-0.1, -0.05) is 26.2 Å². The Morgan fingerprint density at radius 2 is 1.73 bits per heavy atom. The molecule has 0 fully saturated rings. The summed E-state index contributed by atoms with van der Waals surface area (Å²) in [4.78, 5) is 0. The molecule has 15 heavy (non-hydrogen) atoms. The maximum absolute atomic E-state index is 5.79. The lowest BCUT2D eigenvalue weighted by molar-refractivity contribution is 0.301. The molecule has 1 aromatic carbocycles. The summed E-state index contributed by atoms with van der Waals surface area (Å²) in [5.74, 6) is 1.05. The Morgan fingerprint density at radius 3 is 2.33 bits per heavy atom. The van der Waals surface area contributed by atoms with Gasteiger partial charge in [0.2, 0.25) is 0 Å². The monoisotopic (exact) mass is 205 g/mol. The van der Waals surface area contributed by atoms with Gasteiger partial charge >= 0.3 is 0 Å². The minimum absolute atomic E-state index is 0.839. The van der Waals surface area contributed by atoms with Crippen molar-refractivity contribution >= 4 is 0 Å². The molecule has 0 aliphatic rings. The van der Waals surface area contributed by atoms with Gasteiger partial charge < -0.3 is 4.74 Å². The van der Waals surface area contributed by atoms with Crippen LogP contribution in [0.25, 0.3) is 0 Å². The molecule has 0 amide bonds. The van der Waals surface area contributed by atoms with Gasteiger partial charge in [0.15, 0.2) is 0 Å². The Bertz CT molecular complexity index is 271. The Balaban J connectivity index is 2.37. The molecular formula is C14H21O. The van der Waals surface area contributed by atoms with E-state index in [0.717, 1.165) is 18.8 Å². The zero-order chi connectivity index (χ0) is 11.1. The highest BCUT2D eigenvalue weighted by Gasteiger charge is 2.02. The Labute approximate surface area is 93.5 Å². The lowest BCUT2D eigenvalue weighted by Crippen LogP contribution is -2.00. The van der Waals surface area contributed by atoms with Gasteiger partial charge in [-0.15, -0.1) is 0 Å². The van der Waals surface area contributed by atoms with Crippen molar-refractivity contribution in [3.63, 3.8) is 0 Å². The van der Waals surface area contributed by atoms with Crippen LogP contribution in [0.3, 0.4) is 0 Å². The third kappa shape index (κ3) is 3.94. The number of aryl methyl sites for hydroxylation is 2. The number of benzene rings is 1. The van der Waals surface area contributed by atoms with E-state index in [1.165, 1.54) is 30.4 Å². The van der Waals surface area contributed by atoms with Crippen LogP contribution in [0.1, 0.15) is 43.7 Å². The predicted octanol–water partition coefficient (Wildman–Crippen LogP) is 4.06. The largest absolute Gasteiger partial charge is 0.493 e. The Kier molecular flexibility index (Phi) is 5.23. The predicted molar refractivity (Wildman–Crippen MR) is 64.4 cm³/mol. The van der Waals surface area contributed by atoms with Gasteiger partial charge in [-0.25, -0.2) is 0 Å². The van der Waals surface area contributed by atoms with E-state index in [2.05, 4.69) is 26.8 Å². The summed E-state index contributed by atoms with van der Waals surface area (Å²) in [6, 6.07) is 7.06.